The maximum Gasteiger partial charge on any atom is 0.312 e. The van der Waals surface area contributed by atoms with Crippen molar-refractivity contribution in [1.82, 2.24) is 0 Å². The van der Waals surface area contributed by atoms with Gasteiger partial charge in [-0.3, -0.25) is 4.79 Å². The third-order valence-electron chi connectivity index (χ3n) is 3.58. The van der Waals surface area contributed by atoms with Crippen LogP contribution in [-0.4, -0.2) is 13.1 Å². The molecular weight excluding hydrogens is 212 g/mol. The monoisotopic (exact) mass is 232 g/mol. The molecule has 1 aliphatic rings. The van der Waals surface area contributed by atoms with Gasteiger partial charge in [-0.2, -0.15) is 0 Å². The standard InChI is InChI=1S/C15H20O2/c1-3-4-12-5-7-13(8-6-12)11-15(9-10-15)14(16)17-2/h5-8H,3-4,9-11H2,1-2H3. The fourth-order valence-corrected chi connectivity index (χ4v) is 2.32. The highest BCUT2D eigenvalue weighted by Crippen LogP contribution is 2.49. The molecule has 1 aromatic rings. The minimum Gasteiger partial charge on any atom is -0.469 e. The van der Waals surface area contributed by atoms with Crippen LogP contribution in [0.2, 0.25) is 0 Å². The lowest BCUT2D eigenvalue weighted by Crippen LogP contribution is -2.19. The van der Waals surface area contributed by atoms with E-state index in [1.165, 1.54) is 24.7 Å². The average Bonchev–Trinajstić information content (AvgIpc) is 3.12. The largest absolute Gasteiger partial charge is 0.469 e. The smallest absolute Gasteiger partial charge is 0.312 e. The molecule has 0 atom stereocenters. The van der Waals surface area contributed by atoms with Crippen molar-refractivity contribution in [3.63, 3.8) is 0 Å². The predicted octanol–water partition coefficient (Wildman–Crippen LogP) is 3.13. The zero-order valence-corrected chi connectivity index (χ0v) is 10.7. The number of carbonyl (C=O) groups excluding carboxylic acids is 1. The van der Waals surface area contributed by atoms with Crippen LogP contribution in [-0.2, 0) is 22.4 Å². The van der Waals surface area contributed by atoms with Gasteiger partial charge < -0.3 is 4.74 Å². The van der Waals surface area contributed by atoms with Crippen molar-refractivity contribution in [1.29, 1.82) is 0 Å². The van der Waals surface area contributed by atoms with Crippen molar-refractivity contribution < 1.29 is 9.53 Å². The van der Waals surface area contributed by atoms with E-state index in [1.807, 2.05) is 0 Å². The number of rotatable bonds is 5. The molecule has 0 unspecified atom stereocenters. The fraction of sp³-hybridized carbons (Fsp3) is 0.533. The highest BCUT2D eigenvalue weighted by Gasteiger charge is 2.50. The van der Waals surface area contributed by atoms with Gasteiger partial charge in [-0.1, -0.05) is 37.6 Å². The molecule has 2 rings (SSSR count). The summed E-state index contributed by atoms with van der Waals surface area (Å²) in [6.45, 7) is 2.18. The summed E-state index contributed by atoms with van der Waals surface area (Å²) in [7, 11) is 1.48. The quantitative estimate of drug-likeness (QED) is 0.729. The number of hydrogen-bond acceptors (Lipinski definition) is 2. The van der Waals surface area contributed by atoms with Crippen molar-refractivity contribution in [2.45, 2.75) is 39.0 Å². The minimum absolute atomic E-state index is 0.0462. The number of carbonyl (C=O) groups is 1. The first-order valence-electron chi connectivity index (χ1n) is 6.36. The molecule has 1 fully saturated rings. The number of methoxy groups -OCH3 is 1. The predicted molar refractivity (Wildman–Crippen MR) is 67.8 cm³/mol. The zero-order chi connectivity index (χ0) is 12.3. The molecule has 0 radical (unpaired) electrons. The molecule has 0 aliphatic heterocycles. The van der Waals surface area contributed by atoms with Crippen LogP contribution in [0.25, 0.3) is 0 Å². The van der Waals surface area contributed by atoms with E-state index in [-0.39, 0.29) is 11.4 Å². The van der Waals surface area contributed by atoms with E-state index >= 15 is 0 Å². The molecule has 1 saturated carbocycles. The van der Waals surface area contributed by atoms with Crippen LogP contribution in [0.4, 0.5) is 0 Å². The van der Waals surface area contributed by atoms with Crippen LogP contribution in [0.3, 0.4) is 0 Å². The zero-order valence-electron chi connectivity index (χ0n) is 10.7. The summed E-state index contributed by atoms with van der Waals surface area (Å²) in [6, 6.07) is 8.64. The van der Waals surface area contributed by atoms with E-state index in [1.54, 1.807) is 0 Å². The highest BCUT2D eigenvalue weighted by atomic mass is 16.5. The molecule has 0 heterocycles. The molecule has 0 bridgehead atoms. The van der Waals surface area contributed by atoms with Gasteiger partial charge in [0.1, 0.15) is 0 Å². The number of ether oxygens (including phenoxy) is 1. The van der Waals surface area contributed by atoms with Gasteiger partial charge in [0, 0.05) is 0 Å². The average molecular weight is 232 g/mol. The topological polar surface area (TPSA) is 26.3 Å². The van der Waals surface area contributed by atoms with E-state index in [9.17, 15) is 4.79 Å². The Labute approximate surface area is 103 Å². The lowest BCUT2D eigenvalue weighted by atomic mass is 9.95. The SMILES string of the molecule is CCCc1ccc(CC2(C(=O)OC)CC2)cc1. The summed E-state index contributed by atoms with van der Waals surface area (Å²) >= 11 is 0. The third kappa shape index (κ3) is 2.68. The Hall–Kier alpha value is -1.31. The lowest BCUT2D eigenvalue weighted by Gasteiger charge is -2.12. The Kier molecular flexibility index (Phi) is 3.51. The van der Waals surface area contributed by atoms with E-state index in [0.29, 0.717) is 0 Å². The van der Waals surface area contributed by atoms with Crippen molar-refractivity contribution >= 4 is 5.97 Å². The van der Waals surface area contributed by atoms with Crippen LogP contribution in [0.1, 0.15) is 37.3 Å². The normalized spacial score (nSPS) is 16.6. The minimum atomic E-state index is -0.207. The second-order valence-electron chi connectivity index (χ2n) is 5.02. The van der Waals surface area contributed by atoms with Gasteiger partial charge in [0.2, 0.25) is 0 Å². The molecule has 17 heavy (non-hydrogen) atoms. The number of benzene rings is 1. The first-order valence-corrected chi connectivity index (χ1v) is 6.36. The highest BCUT2D eigenvalue weighted by molar-refractivity contribution is 5.80. The Morgan fingerprint density at radius 3 is 2.29 bits per heavy atom. The molecular formula is C15H20O2. The van der Waals surface area contributed by atoms with Gasteiger partial charge in [0.05, 0.1) is 12.5 Å². The van der Waals surface area contributed by atoms with Crippen molar-refractivity contribution in [3.8, 4) is 0 Å². The lowest BCUT2D eigenvalue weighted by molar-refractivity contribution is -0.147. The number of hydrogen-bond donors (Lipinski definition) is 0. The molecule has 0 amide bonds. The summed E-state index contributed by atoms with van der Waals surface area (Å²) in [5, 5.41) is 0. The Balaban J connectivity index is 2.02. The van der Waals surface area contributed by atoms with Crippen molar-refractivity contribution in [2.24, 2.45) is 5.41 Å². The van der Waals surface area contributed by atoms with Crippen LogP contribution in [0, 0.1) is 5.41 Å². The molecule has 0 spiro atoms. The van der Waals surface area contributed by atoms with Gasteiger partial charge in [0.25, 0.3) is 0 Å². The fourth-order valence-electron chi connectivity index (χ4n) is 2.32. The second-order valence-corrected chi connectivity index (χ2v) is 5.02. The van der Waals surface area contributed by atoms with Crippen LogP contribution in [0.5, 0.6) is 0 Å². The van der Waals surface area contributed by atoms with E-state index < -0.39 is 0 Å². The number of esters is 1. The molecule has 2 nitrogen and oxygen atoms in total. The molecule has 0 N–H and O–H groups in total. The summed E-state index contributed by atoms with van der Waals surface area (Å²) in [5.74, 6) is -0.0462. The Morgan fingerprint density at radius 1 is 1.24 bits per heavy atom. The maximum absolute atomic E-state index is 11.6. The molecule has 1 aliphatic carbocycles. The van der Waals surface area contributed by atoms with Gasteiger partial charge in [-0.15, -0.1) is 0 Å². The molecule has 0 saturated heterocycles. The van der Waals surface area contributed by atoms with Gasteiger partial charge in [0.15, 0.2) is 0 Å². The summed E-state index contributed by atoms with van der Waals surface area (Å²) in [6.07, 6.45) is 5.06. The molecule has 2 heteroatoms. The third-order valence-corrected chi connectivity index (χ3v) is 3.58. The van der Waals surface area contributed by atoms with Crippen molar-refractivity contribution in [3.05, 3.63) is 35.4 Å². The van der Waals surface area contributed by atoms with Gasteiger partial charge >= 0.3 is 5.97 Å². The summed E-state index contributed by atoms with van der Waals surface area (Å²) < 4.78 is 4.87. The number of aryl methyl sites for hydroxylation is 1. The summed E-state index contributed by atoms with van der Waals surface area (Å²) in [4.78, 5) is 11.6. The van der Waals surface area contributed by atoms with E-state index in [2.05, 4.69) is 31.2 Å². The second kappa shape index (κ2) is 4.91. The summed E-state index contributed by atoms with van der Waals surface area (Å²) in [5.41, 5.74) is 2.41. The Bertz CT molecular complexity index is 388. The maximum atomic E-state index is 11.6. The van der Waals surface area contributed by atoms with Crippen molar-refractivity contribution in [2.75, 3.05) is 7.11 Å². The molecule has 0 aromatic heterocycles. The molecule has 92 valence electrons. The first-order chi connectivity index (χ1) is 8.20. The van der Waals surface area contributed by atoms with Gasteiger partial charge in [-0.25, -0.2) is 0 Å². The first kappa shape index (κ1) is 12.2. The van der Waals surface area contributed by atoms with E-state index in [4.69, 9.17) is 4.74 Å². The van der Waals surface area contributed by atoms with Crippen LogP contribution in [0.15, 0.2) is 24.3 Å². The Morgan fingerprint density at radius 2 is 1.82 bits per heavy atom. The van der Waals surface area contributed by atoms with Crippen LogP contribution >= 0.6 is 0 Å². The van der Waals surface area contributed by atoms with Crippen LogP contribution < -0.4 is 0 Å². The van der Waals surface area contributed by atoms with Gasteiger partial charge in [-0.05, 0) is 36.8 Å². The van der Waals surface area contributed by atoms with E-state index in [0.717, 1.165) is 25.7 Å². The molecule has 1 aromatic carbocycles.